The highest BCUT2D eigenvalue weighted by Crippen LogP contribution is 2.20. The molecular weight excluding hydrogens is 314 g/mol. The third-order valence-electron chi connectivity index (χ3n) is 4.33. The standard InChI is InChI=1S/C16H21N3O3S/c1-3-19(13-6-7-23(21,22)10-13)16(20)9-12-4-5-14-15(8-12)18-11(2)17-14/h4-5,8,13H,3,6-7,9-10H2,1-2H3,(H,17,18). The molecule has 0 saturated carbocycles. The van der Waals surface area contributed by atoms with Gasteiger partial charge in [0.25, 0.3) is 0 Å². The quantitative estimate of drug-likeness (QED) is 0.917. The molecule has 0 radical (unpaired) electrons. The zero-order valence-corrected chi connectivity index (χ0v) is 14.2. The lowest BCUT2D eigenvalue weighted by Crippen LogP contribution is -2.41. The van der Waals surface area contributed by atoms with Gasteiger partial charge in [0, 0.05) is 12.6 Å². The summed E-state index contributed by atoms with van der Waals surface area (Å²) in [5, 5.41) is 0. The first-order chi connectivity index (χ1) is 10.9. The van der Waals surface area contributed by atoms with E-state index < -0.39 is 9.84 Å². The van der Waals surface area contributed by atoms with Crippen molar-refractivity contribution in [2.24, 2.45) is 0 Å². The lowest BCUT2D eigenvalue weighted by Gasteiger charge is -2.27. The van der Waals surface area contributed by atoms with E-state index in [1.807, 2.05) is 32.0 Å². The van der Waals surface area contributed by atoms with Gasteiger partial charge >= 0.3 is 0 Å². The third kappa shape index (κ3) is 3.39. The van der Waals surface area contributed by atoms with Crippen LogP contribution in [0, 0.1) is 6.92 Å². The number of likely N-dealkylation sites (N-methyl/N-ethyl adjacent to an activating group) is 1. The molecule has 1 atom stereocenters. The average Bonchev–Trinajstić information content (AvgIpc) is 3.00. The maximum Gasteiger partial charge on any atom is 0.227 e. The minimum Gasteiger partial charge on any atom is -0.342 e. The van der Waals surface area contributed by atoms with Crippen molar-refractivity contribution in [1.82, 2.24) is 14.9 Å². The molecule has 0 spiro atoms. The van der Waals surface area contributed by atoms with Gasteiger partial charge in [-0.2, -0.15) is 0 Å². The highest BCUT2D eigenvalue weighted by Gasteiger charge is 2.33. The van der Waals surface area contributed by atoms with Gasteiger partial charge in [-0.05, 0) is 38.0 Å². The largest absolute Gasteiger partial charge is 0.342 e. The number of amides is 1. The highest BCUT2D eigenvalue weighted by atomic mass is 32.2. The summed E-state index contributed by atoms with van der Waals surface area (Å²) in [6.45, 7) is 4.32. The number of hydrogen-bond acceptors (Lipinski definition) is 4. The van der Waals surface area contributed by atoms with E-state index in [2.05, 4.69) is 9.97 Å². The topological polar surface area (TPSA) is 83.1 Å². The number of imidazole rings is 1. The predicted molar refractivity (Wildman–Crippen MR) is 89.0 cm³/mol. The second kappa shape index (κ2) is 5.96. The Kier molecular flexibility index (Phi) is 4.14. The van der Waals surface area contributed by atoms with Gasteiger partial charge in [-0.25, -0.2) is 13.4 Å². The molecule has 6 nitrogen and oxygen atoms in total. The number of benzene rings is 1. The summed E-state index contributed by atoms with van der Waals surface area (Å²) in [7, 11) is -2.99. The molecule has 1 aliphatic rings. The van der Waals surface area contributed by atoms with E-state index in [1.165, 1.54) is 0 Å². The van der Waals surface area contributed by atoms with Crippen molar-refractivity contribution >= 4 is 26.8 Å². The van der Waals surface area contributed by atoms with Crippen LogP contribution >= 0.6 is 0 Å². The molecule has 1 fully saturated rings. The molecule has 3 rings (SSSR count). The molecule has 1 aromatic carbocycles. The Bertz CT molecular complexity index is 841. The lowest BCUT2D eigenvalue weighted by molar-refractivity contribution is -0.132. The van der Waals surface area contributed by atoms with E-state index in [4.69, 9.17) is 0 Å². The van der Waals surface area contributed by atoms with Gasteiger partial charge < -0.3 is 9.88 Å². The summed E-state index contributed by atoms with van der Waals surface area (Å²) < 4.78 is 23.3. The second-order valence-corrected chi connectivity index (χ2v) is 8.32. The minimum atomic E-state index is -2.99. The number of H-pyrrole nitrogens is 1. The summed E-state index contributed by atoms with van der Waals surface area (Å²) >= 11 is 0. The summed E-state index contributed by atoms with van der Waals surface area (Å²) in [6.07, 6.45) is 0.819. The number of fused-ring (bicyclic) bond motifs is 1. The summed E-state index contributed by atoms with van der Waals surface area (Å²) in [5.41, 5.74) is 2.71. The average molecular weight is 335 g/mol. The van der Waals surface area contributed by atoms with E-state index in [9.17, 15) is 13.2 Å². The summed E-state index contributed by atoms with van der Waals surface area (Å²) in [6, 6.07) is 5.56. The van der Waals surface area contributed by atoms with Crippen molar-refractivity contribution in [3.8, 4) is 0 Å². The fourth-order valence-electron chi connectivity index (χ4n) is 3.23. The molecule has 0 aliphatic carbocycles. The number of hydrogen-bond donors (Lipinski definition) is 1. The van der Waals surface area contributed by atoms with Crippen molar-refractivity contribution < 1.29 is 13.2 Å². The van der Waals surface area contributed by atoms with Crippen LogP contribution in [0.1, 0.15) is 24.7 Å². The first kappa shape index (κ1) is 16.0. The molecule has 0 bridgehead atoms. The third-order valence-corrected chi connectivity index (χ3v) is 6.08. The molecule has 1 aliphatic heterocycles. The zero-order chi connectivity index (χ0) is 16.6. The SMILES string of the molecule is CCN(C(=O)Cc1ccc2nc(C)[nH]c2c1)C1CCS(=O)(=O)C1. The Morgan fingerprint density at radius 1 is 1.43 bits per heavy atom. The van der Waals surface area contributed by atoms with Gasteiger partial charge in [0.15, 0.2) is 9.84 Å². The Balaban J connectivity index is 1.75. The first-order valence-electron chi connectivity index (χ1n) is 7.83. The van der Waals surface area contributed by atoms with Crippen LogP contribution in [-0.4, -0.2) is 53.3 Å². The monoisotopic (exact) mass is 335 g/mol. The Labute approximate surface area is 135 Å². The number of carbonyl (C=O) groups is 1. The Hall–Kier alpha value is -1.89. The number of sulfone groups is 1. The van der Waals surface area contributed by atoms with Gasteiger partial charge in [-0.1, -0.05) is 6.07 Å². The molecule has 1 N–H and O–H groups in total. The summed E-state index contributed by atoms with van der Waals surface area (Å²) in [5.74, 6) is 1.09. The molecular formula is C16H21N3O3S. The fourth-order valence-corrected chi connectivity index (χ4v) is 4.96. The molecule has 1 unspecified atom stereocenters. The van der Waals surface area contributed by atoms with Crippen molar-refractivity contribution in [3.05, 3.63) is 29.6 Å². The lowest BCUT2D eigenvalue weighted by atomic mass is 10.1. The van der Waals surface area contributed by atoms with E-state index >= 15 is 0 Å². The number of nitrogens with zero attached hydrogens (tertiary/aromatic N) is 2. The van der Waals surface area contributed by atoms with Crippen LogP contribution in [0.5, 0.6) is 0 Å². The molecule has 2 heterocycles. The molecule has 2 aromatic rings. The number of carbonyl (C=O) groups excluding carboxylic acids is 1. The number of aryl methyl sites for hydroxylation is 1. The molecule has 1 saturated heterocycles. The van der Waals surface area contributed by atoms with Crippen molar-refractivity contribution in [3.63, 3.8) is 0 Å². The van der Waals surface area contributed by atoms with Crippen LogP contribution < -0.4 is 0 Å². The van der Waals surface area contributed by atoms with Crippen LogP contribution in [0.15, 0.2) is 18.2 Å². The normalized spacial score (nSPS) is 20.0. The smallest absolute Gasteiger partial charge is 0.227 e. The molecule has 23 heavy (non-hydrogen) atoms. The first-order valence-corrected chi connectivity index (χ1v) is 9.65. The van der Waals surface area contributed by atoms with Crippen molar-refractivity contribution in [2.45, 2.75) is 32.7 Å². The molecule has 1 amide bonds. The van der Waals surface area contributed by atoms with Crippen LogP contribution in [-0.2, 0) is 21.1 Å². The number of aromatic amines is 1. The van der Waals surface area contributed by atoms with Gasteiger partial charge in [0.2, 0.25) is 5.91 Å². The van der Waals surface area contributed by atoms with Gasteiger partial charge in [0.1, 0.15) is 5.82 Å². The van der Waals surface area contributed by atoms with Crippen LogP contribution in [0.4, 0.5) is 0 Å². The molecule has 7 heteroatoms. The molecule has 124 valence electrons. The van der Waals surface area contributed by atoms with E-state index in [0.717, 1.165) is 22.4 Å². The van der Waals surface area contributed by atoms with Gasteiger partial charge in [-0.15, -0.1) is 0 Å². The van der Waals surface area contributed by atoms with Crippen LogP contribution in [0.25, 0.3) is 11.0 Å². The molecule has 1 aromatic heterocycles. The maximum atomic E-state index is 12.6. The van der Waals surface area contributed by atoms with Gasteiger partial charge in [0.05, 0.1) is 29.0 Å². The van der Waals surface area contributed by atoms with E-state index in [-0.39, 0.29) is 29.9 Å². The minimum absolute atomic E-state index is 0.0230. The number of nitrogens with one attached hydrogen (secondary N) is 1. The van der Waals surface area contributed by atoms with Crippen molar-refractivity contribution in [1.29, 1.82) is 0 Å². The van der Waals surface area contributed by atoms with E-state index in [1.54, 1.807) is 4.90 Å². The summed E-state index contributed by atoms with van der Waals surface area (Å²) in [4.78, 5) is 21.8. The van der Waals surface area contributed by atoms with Gasteiger partial charge in [-0.3, -0.25) is 4.79 Å². The maximum absolute atomic E-state index is 12.6. The highest BCUT2D eigenvalue weighted by molar-refractivity contribution is 7.91. The second-order valence-electron chi connectivity index (χ2n) is 6.09. The predicted octanol–water partition coefficient (Wildman–Crippen LogP) is 1.45. The van der Waals surface area contributed by atoms with E-state index in [0.29, 0.717) is 13.0 Å². The number of aromatic nitrogens is 2. The number of rotatable bonds is 4. The van der Waals surface area contributed by atoms with Crippen LogP contribution in [0.2, 0.25) is 0 Å². The Morgan fingerprint density at radius 3 is 2.87 bits per heavy atom. The Morgan fingerprint density at radius 2 is 2.22 bits per heavy atom. The van der Waals surface area contributed by atoms with Crippen LogP contribution in [0.3, 0.4) is 0 Å². The van der Waals surface area contributed by atoms with Crippen molar-refractivity contribution in [2.75, 3.05) is 18.1 Å². The fraction of sp³-hybridized carbons (Fsp3) is 0.500. The zero-order valence-electron chi connectivity index (χ0n) is 13.4.